The van der Waals surface area contributed by atoms with E-state index in [0.717, 1.165) is 12.8 Å². The van der Waals surface area contributed by atoms with Gasteiger partial charge in [-0.05, 0) is 49.2 Å². The van der Waals surface area contributed by atoms with Crippen molar-refractivity contribution in [2.24, 2.45) is 4.99 Å². The number of carbonyl (C=O) groups excluding carboxylic acids is 1. The summed E-state index contributed by atoms with van der Waals surface area (Å²) in [6.07, 6.45) is 2.29. The Morgan fingerprint density at radius 3 is 2.56 bits per heavy atom. The first-order valence-electron chi connectivity index (χ1n) is 11.5. The molecule has 34 heavy (non-hydrogen) atoms. The van der Waals surface area contributed by atoms with Gasteiger partial charge in [-0.15, -0.1) is 0 Å². The van der Waals surface area contributed by atoms with E-state index in [2.05, 4.69) is 10.3 Å². The number of amides is 1. The van der Waals surface area contributed by atoms with Crippen LogP contribution in [0.1, 0.15) is 38.2 Å². The minimum absolute atomic E-state index is 0.00798. The minimum Gasteiger partial charge on any atom is -0.494 e. The molecular weight excluding hydrogens is 456 g/mol. The molecule has 0 unspecified atom stereocenters. The lowest BCUT2D eigenvalue weighted by molar-refractivity contribution is -0.126. The smallest absolute Gasteiger partial charge is 0.251 e. The van der Waals surface area contributed by atoms with E-state index in [1.807, 2.05) is 6.92 Å². The van der Waals surface area contributed by atoms with Gasteiger partial charge < -0.3 is 19.9 Å². The SMILES string of the molecule is CCCCNC(=O)[C@@]1(CCS(=O)(=O)c2ccccc2)COC(c2ccc(OCCCO)cc2)=N1. The number of rotatable bonds is 13. The summed E-state index contributed by atoms with van der Waals surface area (Å²) in [4.78, 5) is 18.0. The van der Waals surface area contributed by atoms with Gasteiger partial charge in [0.15, 0.2) is 15.4 Å². The zero-order valence-electron chi connectivity index (χ0n) is 19.4. The molecular formula is C25H32N2O6S. The fourth-order valence-electron chi connectivity index (χ4n) is 3.49. The van der Waals surface area contributed by atoms with Crippen molar-refractivity contribution in [1.29, 1.82) is 0 Å². The van der Waals surface area contributed by atoms with Gasteiger partial charge in [-0.1, -0.05) is 31.5 Å². The number of hydrogen-bond donors (Lipinski definition) is 2. The van der Waals surface area contributed by atoms with E-state index in [1.165, 1.54) is 0 Å². The third-order valence-electron chi connectivity index (χ3n) is 5.56. The third-order valence-corrected chi connectivity index (χ3v) is 7.29. The number of hydrogen-bond acceptors (Lipinski definition) is 7. The Labute approximate surface area is 200 Å². The van der Waals surface area contributed by atoms with E-state index in [-0.39, 0.29) is 36.2 Å². The Morgan fingerprint density at radius 2 is 1.88 bits per heavy atom. The number of unbranched alkanes of at least 4 members (excludes halogenated alkanes) is 1. The normalized spacial score (nSPS) is 17.6. The van der Waals surface area contributed by atoms with Crippen LogP contribution in [-0.4, -0.2) is 63.0 Å². The van der Waals surface area contributed by atoms with Crippen LogP contribution in [0.5, 0.6) is 5.75 Å². The van der Waals surface area contributed by atoms with Crippen LogP contribution in [0.2, 0.25) is 0 Å². The van der Waals surface area contributed by atoms with E-state index in [4.69, 9.17) is 14.6 Å². The first kappa shape index (κ1) is 25.7. The van der Waals surface area contributed by atoms with Crippen molar-refractivity contribution in [2.75, 3.05) is 32.1 Å². The Balaban J connectivity index is 1.79. The van der Waals surface area contributed by atoms with Crippen LogP contribution < -0.4 is 10.1 Å². The summed E-state index contributed by atoms with van der Waals surface area (Å²) in [7, 11) is -3.58. The molecule has 3 rings (SSSR count). The highest BCUT2D eigenvalue weighted by molar-refractivity contribution is 7.91. The minimum atomic E-state index is -3.58. The van der Waals surface area contributed by atoms with Gasteiger partial charge in [0.25, 0.3) is 5.91 Å². The fourth-order valence-corrected chi connectivity index (χ4v) is 4.91. The molecule has 2 N–H and O–H groups in total. The maximum Gasteiger partial charge on any atom is 0.251 e. The Bertz CT molecular complexity index is 1070. The average Bonchev–Trinajstić information content (AvgIpc) is 3.30. The van der Waals surface area contributed by atoms with Crippen molar-refractivity contribution < 1.29 is 27.8 Å². The molecule has 2 aromatic carbocycles. The molecule has 0 saturated heterocycles. The zero-order valence-corrected chi connectivity index (χ0v) is 20.2. The lowest BCUT2D eigenvalue weighted by Crippen LogP contribution is -2.48. The van der Waals surface area contributed by atoms with Crippen LogP contribution in [0.3, 0.4) is 0 Å². The van der Waals surface area contributed by atoms with Crippen LogP contribution >= 0.6 is 0 Å². The van der Waals surface area contributed by atoms with Gasteiger partial charge in [-0.3, -0.25) is 4.79 Å². The molecule has 0 radical (unpaired) electrons. The van der Waals surface area contributed by atoms with Gasteiger partial charge in [0.05, 0.1) is 17.3 Å². The highest BCUT2D eigenvalue weighted by Crippen LogP contribution is 2.28. The van der Waals surface area contributed by atoms with Crippen LogP contribution in [-0.2, 0) is 19.4 Å². The van der Waals surface area contributed by atoms with Gasteiger partial charge in [0.1, 0.15) is 12.4 Å². The lowest BCUT2D eigenvalue weighted by Gasteiger charge is -2.23. The number of ether oxygens (including phenoxy) is 2. The summed E-state index contributed by atoms with van der Waals surface area (Å²) in [5.74, 6) is 0.386. The predicted octanol–water partition coefficient (Wildman–Crippen LogP) is 2.74. The van der Waals surface area contributed by atoms with E-state index in [1.54, 1.807) is 54.6 Å². The fraction of sp³-hybridized carbons (Fsp3) is 0.440. The highest BCUT2D eigenvalue weighted by atomic mass is 32.2. The number of benzene rings is 2. The molecule has 0 bridgehead atoms. The van der Waals surface area contributed by atoms with Gasteiger partial charge in [-0.2, -0.15) is 0 Å². The Hall–Kier alpha value is -2.91. The van der Waals surface area contributed by atoms with Gasteiger partial charge in [-0.25, -0.2) is 13.4 Å². The predicted molar refractivity (Wildman–Crippen MR) is 130 cm³/mol. The topological polar surface area (TPSA) is 114 Å². The van der Waals surface area contributed by atoms with E-state index in [0.29, 0.717) is 36.8 Å². The van der Waals surface area contributed by atoms with E-state index in [9.17, 15) is 13.2 Å². The average molecular weight is 489 g/mol. The number of carbonyl (C=O) groups is 1. The van der Waals surface area contributed by atoms with Gasteiger partial charge in [0, 0.05) is 25.1 Å². The molecule has 0 fully saturated rings. The van der Waals surface area contributed by atoms with Crippen molar-refractivity contribution >= 4 is 21.6 Å². The number of nitrogens with zero attached hydrogens (tertiary/aromatic N) is 1. The molecule has 0 spiro atoms. The molecule has 0 aromatic heterocycles. The molecule has 1 amide bonds. The monoisotopic (exact) mass is 488 g/mol. The van der Waals surface area contributed by atoms with Gasteiger partial charge in [0.2, 0.25) is 5.90 Å². The summed E-state index contributed by atoms with van der Waals surface area (Å²) in [5, 5.41) is 11.8. The second kappa shape index (κ2) is 12.0. The lowest BCUT2D eigenvalue weighted by atomic mass is 9.97. The molecule has 9 heteroatoms. The first-order chi connectivity index (χ1) is 16.4. The molecule has 8 nitrogen and oxygen atoms in total. The summed E-state index contributed by atoms with van der Waals surface area (Å²) >= 11 is 0. The Kier molecular flexibility index (Phi) is 9.06. The molecule has 0 saturated carbocycles. The number of aliphatic hydroxyl groups excluding tert-OH is 1. The molecule has 2 aromatic rings. The maximum absolute atomic E-state index is 13.1. The Morgan fingerprint density at radius 1 is 1.15 bits per heavy atom. The summed E-state index contributed by atoms with van der Waals surface area (Å²) in [5.41, 5.74) is -0.648. The molecule has 184 valence electrons. The van der Waals surface area contributed by atoms with E-state index >= 15 is 0 Å². The number of aliphatic imine (C=N–C) groups is 1. The third kappa shape index (κ3) is 6.57. The first-order valence-corrected chi connectivity index (χ1v) is 13.2. The van der Waals surface area contributed by atoms with Crippen molar-refractivity contribution in [3.05, 3.63) is 60.2 Å². The molecule has 1 aliphatic rings. The molecule has 1 heterocycles. The summed E-state index contributed by atoms with van der Waals surface area (Å²) in [6, 6.07) is 15.3. The number of sulfone groups is 1. The molecule has 1 aliphatic heterocycles. The zero-order chi connectivity index (χ0) is 24.4. The largest absolute Gasteiger partial charge is 0.494 e. The van der Waals surface area contributed by atoms with Crippen LogP contribution in [0.25, 0.3) is 0 Å². The number of aliphatic hydroxyl groups is 1. The quantitative estimate of drug-likeness (QED) is 0.419. The highest BCUT2D eigenvalue weighted by Gasteiger charge is 2.45. The molecule has 1 atom stereocenters. The maximum atomic E-state index is 13.1. The number of nitrogens with one attached hydrogen (secondary N) is 1. The van der Waals surface area contributed by atoms with Crippen molar-refractivity contribution in [1.82, 2.24) is 5.32 Å². The standard InChI is InChI=1S/C25H32N2O6S/c1-2-3-15-26-24(29)25(14-18-34(30,31)22-8-5-4-6-9-22)19-33-23(27-25)20-10-12-21(13-11-20)32-17-7-16-28/h4-6,8-13,28H,2-3,7,14-19H2,1H3,(H,26,29)/t25-/m1/s1. The van der Waals surface area contributed by atoms with Crippen molar-refractivity contribution in [2.45, 2.75) is 43.0 Å². The summed E-state index contributed by atoms with van der Waals surface area (Å²) < 4.78 is 37.1. The van der Waals surface area contributed by atoms with Crippen LogP contribution in [0.4, 0.5) is 0 Å². The van der Waals surface area contributed by atoms with E-state index < -0.39 is 15.4 Å². The van der Waals surface area contributed by atoms with Crippen molar-refractivity contribution in [3.8, 4) is 5.75 Å². The van der Waals surface area contributed by atoms with Crippen LogP contribution in [0.15, 0.2) is 64.5 Å². The van der Waals surface area contributed by atoms with Gasteiger partial charge >= 0.3 is 0 Å². The van der Waals surface area contributed by atoms with Crippen LogP contribution in [0, 0.1) is 0 Å². The second-order valence-corrected chi connectivity index (χ2v) is 10.3. The summed E-state index contributed by atoms with van der Waals surface area (Å²) in [6.45, 7) is 2.96. The molecule has 0 aliphatic carbocycles. The van der Waals surface area contributed by atoms with Crippen molar-refractivity contribution in [3.63, 3.8) is 0 Å². The second-order valence-electron chi connectivity index (χ2n) is 8.18.